The average Bonchev–Trinajstić information content (AvgIpc) is 2.20. The molecule has 0 amide bonds. The van der Waals surface area contributed by atoms with Crippen LogP contribution in [-0.4, -0.2) is 21.1 Å². The number of benzene rings is 1. The lowest BCUT2D eigenvalue weighted by Gasteiger charge is -2.10. The van der Waals surface area contributed by atoms with Crippen LogP contribution in [0.4, 0.5) is 8.78 Å². The Morgan fingerprint density at radius 2 is 1.64 bits per heavy atom. The minimum Gasteiger partial charge on any atom is -0.493 e. The maximum atomic E-state index is 13.1. The van der Waals surface area contributed by atoms with E-state index in [-0.39, 0.29) is 17.2 Å². The lowest BCUT2D eigenvalue weighted by atomic mass is 10.3. The van der Waals surface area contributed by atoms with E-state index in [1.807, 2.05) is 0 Å². The molecule has 0 heterocycles. The van der Waals surface area contributed by atoms with Gasteiger partial charge in [-0.15, -0.1) is 0 Å². The second-order valence-corrected chi connectivity index (χ2v) is 2.39. The summed E-state index contributed by atoms with van der Waals surface area (Å²) in [4.78, 5) is 0. The lowest BCUT2D eigenvalue weighted by molar-refractivity contribution is 0.183. The number of alkyl halides is 1. The summed E-state index contributed by atoms with van der Waals surface area (Å²) < 4.78 is 39.1. The first-order chi connectivity index (χ1) is 6.72. The van der Waals surface area contributed by atoms with E-state index in [1.54, 1.807) is 0 Å². The molecule has 0 aliphatic heterocycles. The minimum atomic E-state index is -1.09. The molecule has 78 valence electrons. The maximum absolute atomic E-state index is 13.1. The molecule has 0 fully saturated rings. The summed E-state index contributed by atoms with van der Waals surface area (Å²) in [6.45, 7) is -1.09. The van der Waals surface area contributed by atoms with Crippen molar-refractivity contribution in [1.29, 1.82) is 0 Å². The normalized spacial score (nSPS) is 9.71. The molecule has 0 N–H and O–H groups in total. The fourth-order valence-electron chi connectivity index (χ4n) is 1.00. The molecule has 0 aliphatic carbocycles. The van der Waals surface area contributed by atoms with E-state index in [2.05, 4.69) is 4.74 Å². The third-order valence-electron chi connectivity index (χ3n) is 1.65. The first-order valence-electron chi connectivity index (χ1n) is 3.83. The topological polar surface area (TPSA) is 27.7 Å². The molecule has 0 saturated heterocycles. The maximum Gasteiger partial charge on any atom is 0.228 e. The van der Waals surface area contributed by atoms with Crippen LogP contribution in [0.1, 0.15) is 0 Å². The molecule has 0 aromatic heterocycles. The molecule has 14 heavy (non-hydrogen) atoms. The third-order valence-corrected chi connectivity index (χ3v) is 1.65. The second kappa shape index (κ2) is 4.64. The fourth-order valence-corrected chi connectivity index (χ4v) is 1.00. The van der Waals surface area contributed by atoms with Crippen molar-refractivity contribution in [1.82, 2.24) is 0 Å². The van der Waals surface area contributed by atoms with Crippen LogP contribution in [0.3, 0.4) is 0 Å². The number of methoxy groups -OCH3 is 2. The standard InChI is InChI=1S/C9H10F2O3/c1-12-8-3-6(11)7(14-5-10)4-9(8)13-2/h3-4H,5H2,1-2H3. The summed E-state index contributed by atoms with van der Waals surface area (Å²) >= 11 is 0. The number of hydrogen-bond donors (Lipinski definition) is 0. The van der Waals surface area contributed by atoms with E-state index < -0.39 is 12.7 Å². The molecule has 3 nitrogen and oxygen atoms in total. The highest BCUT2D eigenvalue weighted by molar-refractivity contribution is 5.46. The van der Waals surface area contributed by atoms with Crippen LogP contribution in [0.15, 0.2) is 12.1 Å². The molecule has 0 bridgehead atoms. The smallest absolute Gasteiger partial charge is 0.228 e. The Balaban J connectivity index is 3.09. The molecular formula is C9H10F2O3. The lowest BCUT2D eigenvalue weighted by Crippen LogP contribution is -1.97. The minimum absolute atomic E-state index is 0.204. The van der Waals surface area contributed by atoms with Crippen LogP contribution < -0.4 is 14.2 Å². The molecule has 0 aliphatic rings. The van der Waals surface area contributed by atoms with Gasteiger partial charge in [0.15, 0.2) is 23.1 Å². The quantitative estimate of drug-likeness (QED) is 0.752. The van der Waals surface area contributed by atoms with Crippen LogP contribution in [0.25, 0.3) is 0 Å². The van der Waals surface area contributed by atoms with Crippen LogP contribution >= 0.6 is 0 Å². The monoisotopic (exact) mass is 204 g/mol. The van der Waals surface area contributed by atoms with Gasteiger partial charge in [-0.05, 0) is 0 Å². The van der Waals surface area contributed by atoms with Gasteiger partial charge in [-0.3, -0.25) is 0 Å². The molecule has 0 spiro atoms. The fraction of sp³-hybridized carbons (Fsp3) is 0.333. The average molecular weight is 204 g/mol. The van der Waals surface area contributed by atoms with E-state index in [9.17, 15) is 8.78 Å². The highest BCUT2D eigenvalue weighted by atomic mass is 19.1. The molecule has 0 atom stereocenters. The molecular weight excluding hydrogens is 194 g/mol. The van der Waals surface area contributed by atoms with Gasteiger partial charge in [-0.25, -0.2) is 8.78 Å². The summed E-state index contributed by atoms with van der Waals surface area (Å²) in [7, 11) is 2.78. The van der Waals surface area contributed by atoms with E-state index in [0.717, 1.165) is 6.07 Å². The van der Waals surface area contributed by atoms with Gasteiger partial charge in [0.05, 0.1) is 14.2 Å². The molecule has 1 rings (SSSR count). The van der Waals surface area contributed by atoms with E-state index >= 15 is 0 Å². The van der Waals surface area contributed by atoms with Crippen molar-refractivity contribution in [3.05, 3.63) is 17.9 Å². The molecule has 1 aromatic carbocycles. The first-order valence-corrected chi connectivity index (χ1v) is 3.83. The van der Waals surface area contributed by atoms with Gasteiger partial charge in [0.25, 0.3) is 0 Å². The zero-order valence-electron chi connectivity index (χ0n) is 7.84. The Bertz CT molecular complexity index is 315. The predicted octanol–water partition coefficient (Wildman–Crippen LogP) is 2.15. The van der Waals surface area contributed by atoms with Gasteiger partial charge in [0, 0.05) is 12.1 Å². The molecule has 0 saturated carbocycles. The molecule has 5 heteroatoms. The summed E-state index contributed by atoms with van der Waals surface area (Å²) in [5, 5.41) is 0. The largest absolute Gasteiger partial charge is 0.493 e. The van der Waals surface area contributed by atoms with Crippen molar-refractivity contribution < 1.29 is 23.0 Å². The van der Waals surface area contributed by atoms with E-state index in [4.69, 9.17) is 9.47 Å². The van der Waals surface area contributed by atoms with Crippen molar-refractivity contribution in [2.24, 2.45) is 0 Å². The van der Waals surface area contributed by atoms with E-state index in [0.29, 0.717) is 0 Å². The van der Waals surface area contributed by atoms with Gasteiger partial charge in [-0.2, -0.15) is 0 Å². The second-order valence-electron chi connectivity index (χ2n) is 2.39. The SMILES string of the molecule is COc1cc(F)c(OCF)cc1OC. The summed E-state index contributed by atoms with van der Waals surface area (Å²) in [6.07, 6.45) is 0. The van der Waals surface area contributed by atoms with Gasteiger partial charge in [-0.1, -0.05) is 0 Å². The zero-order valence-corrected chi connectivity index (χ0v) is 7.84. The van der Waals surface area contributed by atoms with Gasteiger partial charge in [0.2, 0.25) is 6.86 Å². The Hall–Kier alpha value is -1.52. The predicted molar refractivity (Wildman–Crippen MR) is 46.1 cm³/mol. The van der Waals surface area contributed by atoms with Crippen molar-refractivity contribution in [2.45, 2.75) is 0 Å². The highest BCUT2D eigenvalue weighted by Crippen LogP contribution is 2.33. The Kier molecular flexibility index (Phi) is 3.50. The van der Waals surface area contributed by atoms with E-state index in [1.165, 1.54) is 20.3 Å². The van der Waals surface area contributed by atoms with Crippen LogP contribution in [0.2, 0.25) is 0 Å². The van der Waals surface area contributed by atoms with Crippen LogP contribution in [-0.2, 0) is 0 Å². The van der Waals surface area contributed by atoms with Crippen LogP contribution in [0, 0.1) is 5.82 Å². The molecule has 1 aromatic rings. The number of rotatable bonds is 4. The highest BCUT2D eigenvalue weighted by Gasteiger charge is 2.11. The summed E-state index contributed by atoms with van der Waals surface area (Å²) in [5.41, 5.74) is 0. The zero-order chi connectivity index (χ0) is 10.6. The first kappa shape index (κ1) is 10.6. The van der Waals surface area contributed by atoms with Gasteiger partial charge < -0.3 is 14.2 Å². The summed E-state index contributed by atoms with van der Waals surface area (Å²) in [6, 6.07) is 2.30. The Morgan fingerprint density at radius 1 is 1.07 bits per heavy atom. The third kappa shape index (κ3) is 2.04. The van der Waals surface area contributed by atoms with Gasteiger partial charge in [0.1, 0.15) is 0 Å². The van der Waals surface area contributed by atoms with Crippen molar-refractivity contribution in [3.8, 4) is 17.2 Å². The van der Waals surface area contributed by atoms with Crippen LogP contribution in [0.5, 0.6) is 17.2 Å². The molecule has 0 unspecified atom stereocenters. The molecule has 0 radical (unpaired) electrons. The number of halogens is 2. The summed E-state index contributed by atoms with van der Waals surface area (Å²) in [5.74, 6) is -0.376. The number of ether oxygens (including phenoxy) is 3. The van der Waals surface area contributed by atoms with Crippen molar-refractivity contribution in [3.63, 3.8) is 0 Å². The van der Waals surface area contributed by atoms with Gasteiger partial charge >= 0.3 is 0 Å². The van der Waals surface area contributed by atoms with Crippen molar-refractivity contribution in [2.75, 3.05) is 21.1 Å². The van der Waals surface area contributed by atoms with Crippen molar-refractivity contribution >= 4 is 0 Å². The number of hydrogen-bond acceptors (Lipinski definition) is 3. The Labute approximate surface area is 80.2 Å². The Morgan fingerprint density at radius 3 is 2.14 bits per heavy atom.